The van der Waals surface area contributed by atoms with Crippen molar-refractivity contribution in [1.29, 1.82) is 0 Å². The number of aromatic nitrogens is 1. The van der Waals surface area contributed by atoms with Crippen molar-refractivity contribution in [3.8, 4) is 0 Å². The van der Waals surface area contributed by atoms with Gasteiger partial charge in [-0.25, -0.2) is 0 Å². The molecule has 4 heteroatoms. The molecule has 0 atom stereocenters. The van der Waals surface area contributed by atoms with Gasteiger partial charge < -0.3 is 9.67 Å². The van der Waals surface area contributed by atoms with Gasteiger partial charge >= 0.3 is 5.97 Å². The SMILES string of the molecule is Cc1ccc2cc(Cl)n(CCC(=O)O)c2c1. The fraction of sp³-hybridized carbons (Fsp3) is 0.250. The molecule has 1 N–H and O–H groups in total. The van der Waals surface area contributed by atoms with E-state index < -0.39 is 5.97 Å². The molecule has 84 valence electrons. The van der Waals surface area contributed by atoms with Crippen molar-refractivity contribution < 1.29 is 9.90 Å². The molecule has 16 heavy (non-hydrogen) atoms. The van der Waals surface area contributed by atoms with Gasteiger partial charge in [-0.1, -0.05) is 23.7 Å². The molecule has 0 aliphatic carbocycles. The van der Waals surface area contributed by atoms with Gasteiger partial charge in [0.2, 0.25) is 0 Å². The van der Waals surface area contributed by atoms with Crippen molar-refractivity contribution in [2.24, 2.45) is 0 Å². The highest BCUT2D eigenvalue weighted by Gasteiger charge is 2.08. The lowest BCUT2D eigenvalue weighted by Crippen LogP contribution is -2.04. The summed E-state index contributed by atoms with van der Waals surface area (Å²) in [6.45, 7) is 2.41. The molecule has 1 aromatic carbocycles. The number of carbonyl (C=O) groups is 1. The first-order valence-corrected chi connectivity index (χ1v) is 5.43. The predicted molar refractivity (Wildman–Crippen MR) is 63.9 cm³/mol. The van der Waals surface area contributed by atoms with E-state index in [-0.39, 0.29) is 6.42 Å². The van der Waals surface area contributed by atoms with Crippen LogP contribution in [-0.4, -0.2) is 15.6 Å². The van der Waals surface area contributed by atoms with E-state index in [2.05, 4.69) is 0 Å². The fourth-order valence-electron chi connectivity index (χ4n) is 1.77. The predicted octanol–water partition coefficient (Wildman–Crippen LogP) is 3.08. The second-order valence-electron chi connectivity index (χ2n) is 3.82. The molecule has 3 nitrogen and oxygen atoms in total. The summed E-state index contributed by atoms with van der Waals surface area (Å²) in [7, 11) is 0. The molecule has 0 aliphatic rings. The number of carboxylic acid groups (broad SMARTS) is 1. The molecule has 0 amide bonds. The Morgan fingerprint density at radius 3 is 2.88 bits per heavy atom. The number of aryl methyl sites for hydroxylation is 2. The topological polar surface area (TPSA) is 42.2 Å². The van der Waals surface area contributed by atoms with Crippen LogP contribution in [0.1, 0.15) is 12.0 Å². The monoisotopic (exact) mass is 237 g/mol. The molecule has 0 fully saturated rings. The summed E-state index contributed by atoms with van der Waals surface area (Å²) in [6.07, 6.45) is 0.0808. The maximum absolute atomic E-state index is 10.6. The lowest BCUT2D eigenvalue weighted by molar-refractivity contribution is -0.137. The van der Waals surface area contributed by atoms with E-state index >= 15 is 0 Å². The molecule has 1 aromatic heterocycles. The molecule has 0 saturated heterocycles. The average molecular weight is 238 g/mol. The van der Waals surface area contributed by atoms with Gasteiger partial charge in [0.25, 0.3) is 0 Å². The summed E-state index contributed by atoms with van der Waals surface area (Å²) in [5.41, 5.74) is 2.13. The minimum absolute atomic E-state index is 0.0808. The largest absolute Gasteiger partial charge is 0.481 e. The minimum atomic E-state index is -0.814. The standard InChI is InChI=1S/C12H12ClNO2/c1-8-2-3-9-7-11(13)14(10(9)6-8)5-4-12(15)16/h2-3,6-7H,4-5H2,1H3,(H,15,16). The van der Waals surface area contributed by atoms with Crippen LogP contribution in [-0.2, 0) is 11.3 Å². The molecular weight excluding hydrogens is 226 g/mol. The number of nitrogens with zero attached hydrogens (tertiary/aromatic N) is 1. The zero-order valence-corrected chi connectivity index (χ0v) is 9.66. The van der Waals surface area contributed by atoms with E-state index in [9.17, 15) is 4.79 Å². The van der Waals surface area contributed by atoms with Gasteiger partial charge in [0.15, 0.2) is 0 Å². The van der Waals surface area contributed by atoms with Crippen LogP contribution in [0.5, 0.6) is 0 Å². The second kappa shape index (κ2) is 4.18. The molecule has 2 aromatic rings. The van der Waals surface area contributed by atoms with Gasteiger partial charge in [-0.2, -0.15) is 0 Å². The third-order valence-electron chi connectivity index (χ3n) is 2.56. The Balaban J connectivity index is 2.45. The number of halogens is 1. The van der Waals surface area contributed by atoms with Crippen LogP contribution in [0, 0.1) is 6.92 Å². The minimum Gasteiger partial charge on any atom is -0.481 e. The maximum Gasteiger partial charge on any atom is 0.305 e. The van der Waals surface area contributed by atoms with Crippen LogP contribution in [0.25, 0.3) is 10.9 Å². The van der Waals surface area contributed by atoms with Crippen LogP contribution in [0.3, 0.4) is 0 Å². The summed E-state index contributed by atoms with van der Waals surface area (Å²) < 4.78 is 1.83. The summed E-state index contributed by atoms with van der Waals surface area (Å²) >= 11 is 6.07. The van der Waals surface area contributed by atoms with Crippen LogP contribution in [0.15, 0.2) is 24.3 Å². The lowest BCUT2D eigenvalue weighted by Gasteiger charge is -2.05. The van der Waals surface area contributed by atoms with Crippen LogP contribution >= 0.6 is 11.6 Å². The number of carboxylic acids is 1. The second-order valence-corrected chi connectivity index (χ2v) is 4.21. The van der Waals surface area contributed by atoms with Gasteiger partial charge in [0.1, 0.15) is 5.15 Å². The maximum atomic E-state index is 10.6. The van der Waals surface area contributed by atoms with Gasteiger partial charge in [0, 0.05) is 17.4 Å². The number of hydrogen-bond acceptors (Lipinski definition) is 1. The zero-order chi connectivity index (χ0) is 11.7. The fourth-order valence-corrected chi connectivity index (χ4v) is 2.06. The Bertz CT molecular complexity index is 545. The highest BCUT2D eigenvalue weighted by molar-refractivity contribution is 6.31. The Labute approximate surface area is 98.3 Å². The number of fused-ring (bicyclic) bond motifs is 1. The third-order valence-corrected chi connectivity index (χ3v) is 2.87. The summed E-state index contributed by atoms with van der Waals surface area (Å²) in [6, 6.07) is 7.88. The number of hydrogen-bond donors (Lipinski definition) is 1. The molecule has 0 radical (unpaired) electrons. The van der Waals surface area contributed by atoms with Crippen LogP contribution in [0.4, 0.5) is 0 Å². The number of aliphatic carboxylic acids is 1. The van der Waals surface area contributed by atoms with E-state index in [4.69, 9.17) is 16.7 Å². The van der Waals surface area contributed by atoms with E-state index in [1.54, 1.807) is 0 Å². The van der Waals surface area contributed by atoms with Crippen molar-refractivity contribution in [3.05, 3.63) is 35.0 Å². The van der Waals surface area contributed by atoms with E-state index in [1.165, 1.54) is 0 Å². The van der Waals surface area contributed by atoms with Gasteiger partial charge in [-0.15, -0.1) is 0 Å². The average Bonchev–Trinajstić information content (AvgIpc) is 2.51. The summed E-state index contributed by atoms with van der Waals surface area (Å²) in [4.78, 5) is 10.6. The summed E-state index contributed by atoms with van der Waals surface area (Å²) in [5.74, 6) is -0.814. The normalized spacial score (nSPS) is 10.9. The van der Waals surface area contributed by atoms with Crippen LogP contribution < -0.4 is 0 Å². The highest BCUT2D eigenvalue weighted by atomic mass is 35.5. The van der Waals surface area contributed by atoms with Crippen molar-refractivity contribution in [3.63, 3.8) is 0 Å². The summed E-state index contributed by atoms with van der Waals surface area (Å²) in [5, 5.41) is 10.3. The molecule has 0 unspecified atom stereocenters. The Morgan fingerprint density at radius 1 is 1.44 bits per heavy atom. The number of benzene rings is 1. The van der Waals surface area contributed by atoms with Gasteiger partial charge in [-0.05, 0) is 24.6 Å². The molecule has 0 spiro atoms. The van der Waals surface area contributed by atoms with Crippen molar-refractivity contribution >= 4 is 28.5 Å². The molecule has 0 bridgehead atoms. The first-order valence-electron chi connectivity index (χ1n) is 5.05. The third kappa shape index (κ3) is 2.04. The van der Waals surface area contributed by atoms with Crippen LogP contribution in [0.2, 0.25) is 5.15 Å². The number of rotatable bonds is 3. The first kappa shape index (κ1) is 11.0. The molecule has 0 aliphatic heterocycles. The van der Waals surface area contributed by atoms with Crippen molar-refractivity contribution in [2.75, 3.05) is 0 Å². The Hall–Kier alpha value is -1.48. The first-order chi connectivity index (χ1) is 7.58. The van der Waals surface area contributed by atoms with E-state index in [1.807, 2.05) is 35.8 Å². The zero-order valence-electron chi connectivity index (χ0n) is 8.90. The lowest BCUT2D eigenvalue weighted by atomic mass is 10.2. The highest BCUT2D eigenvalue weighted by Crippen LogP contribution is 2.24. The Morgan fingerprint density at radius 2 is 2.19 bits per heavy atom. The van der Waals surface area contributed by atoms with Crippen molar-refractivity contribution in [2.45, 2.75) is 19.9 Å². The molecule has 2 rings (SSSR count). The molecular formula is C12H12ClNO2. The van der Waals surface area contributed by atoms with E-state index in [0.29, 0.717) is 11.7 Å². The van der Waals surface area contributed by atoms with Gasteiger partial charge in [-0.3, -0.25) is 4.79 Å². The molecule has 1 heterocycles. The quantitative estimate of drug-likeness (QED) is 0.892. The Kier molecular flexibility index (Phi) is 2.88. The molecule has 0 saturated carbocycles. The van der Waals surface area contributed by atoms with E-state index in [0.717, 1.165) is 16.5 Å². The smallest absolute Gasteiger partial charge is 0.305 e. The van der Waals surface area contributed by atoms with Crippen molar-refractivity contribution in [1.82, 2.24) is 4.57 Å². The van der Waals surface area contributed by atoms with Gasteiger partial charge in [0.05, 0.1) is 6.42 Å².